The first-order valence-electron chi connectivity index (χ1n) is 5.59. The van der Waals surface area contributed by atoms with E-state index in [1.165, 1.54) is 0 Å². The molecule has 1 aliphatic rings. The van der Waals surface area contributed by atoms with E-state index in [-0.39, 0.29) is 6.61 Å². The normalized spacial score (nSPS) is 25.1. The summed E-state index contributed by atoms with van der Waals surface area (Å²) in [6.45, 7) is 5.86. The number of carbonyl (C=O) groups is 2. The Morgan fingerprint density at radius 2 is 2.06 bits per heavy atom. The highest BCUT2D eigenvalue weighted by Crippen LogP contribution is 2.16. The predicted octanol–water partition coefficient (Wildman–Crippen LogP) is 1.00. The highest BCUT2D eigenvalue weighted by atomic mass is 16.6. The van der Waals surface area contributed by atoms with Gasteiger partial charge in [-0.25, -0.2) is 4.79 Å². The first-order valence-corrected chi connectivity index (χ1v) is 5.59. The van der Waals surface area contributed by atoms with Gasteiger partial charge >= 0.3 is 12.1 Å². The van der Waals surface area contributed by atoms with Crippen molar-refractivity contribution >= 4 is 12.1 Å². The standard InChI is InChI=1S/C11H19NO5/c1-11(2,3)17-10(15)12-8-6-16-5-4-7(8)9(13)14/h7-8H,4-6H2,1-3H3,(H,12,15)(H,13,14)/t7-,8+/m1/s1. The molecule has 1 fully saturated rings. The third-order valence-corrected chi connectivity index (χ3v) is 2.38. The van der Waals surface area contributed by atoms with Crippen molar-refractivity contribution in [3.05, 3.63) is 0 Å². The monoisotopic (exact) mass is 245 g/mol. The topological polar surface area (TPSA) is 84.9 Å². The van der Waals surface area contributed by atoms with Crippen molar-refractivity contribution in [1.29, 1.82) is 0 Å². The minimum atomic E-state index is -0.922. The molecule has 0 bridgehead atoms. The summed E-state index contributed by atoms with van der Waals surface area (Å²) in [5.74, 6) is -1.54. The van der Waals surface area contributed by atoms with E-state index in [9.17, 15) is 9.59 Å². The Hall–Kier alpha value is -1.30. The van der Waals surface area contributed by atoms with Gasteiger partial charge in [0.05, 0.1) is 18.6 Å². The number of ether oxygens (including phenoxy) is 2. The van der Waals surface area contributed by atoms with Gasteiger partial charge in [0.2, 0.25) is 0 Å². The van der Waals surface area contributed by atoms with Crippen molar-refractivity contribution in [1.82, 2.24) is 5.32 Å². The van der Waals surface area contributed by atoms with Crippen LogP contribution in [0.25, 0.3) is 0 Å². The van der Waals surface area contributed by atoms with E-state index in [1.807, 2.05) is 0 Å². The zero-order chi connectivity index (χ0) is 13.1. The molecule has 0 aliphatic carbocycles. The Labute approximate surface area is 100 Å². The summed E-state index contributed by atoms with van der Waals surface area (Å²) in [5.41, 5.74) is -0.599. The summed E-state index contributed by atoms with van der Waals surface area (Å²) in [6.07, 6.45) is -0.213. The van der Waals surface area contributed by atoms with Crippen molar-refractivity contribution in [2.24, 2.45) is 5.92 Å². The fourth-order valence-corrected chi connectivity index (χ4v) is 1.63. The molecule has 0 spiro atoms. The quantitative estimate of drug-likeness (QED) is 0.758. The van der Waals surface area contributed by atoms with E-state index in [0.29, 0.717) is 13.0 Å². The van der Waals surface area contributed by atoms with E-state index in [0.717, 1.165) is 0 Å². The molecule has 1 heterocycles. The number of carboxylic acid groups (broad SMARTS) is 1. The van der Waals surface area contributed by atoms with Crippen LogP contribution in [0.15, 0.2) is 0 Å². The van der Waals surface area contributed by atoms with E-state index in [2.05, 4.69) is 5.32 Å². The van der Waals surface area contributed by atoms with Gasteiger partial charge in [-0.15, -0.1) is 0 Å². The predicted molar refractivity (Wildman–Crippen MR) is 59.7 cm³/mol. The molecule has 1 amide bonds. The van der Waals surface area contributed by atoms with Crippen LogP contribution in [0.4, 0.5) is 4.79 Å². The minimum absolute atomic E-state index is 0.205. The maximum Gasteiger partial charge on any atom is 0.407 e. The third kappa shape index (κ3) is 4.60. The lowest BCUT2D eigenvalue weighted by Gasteiger charge is -2.30. The molecule has 6 heteroatoms. The lowest BCUT2D eigenvalue weighted by Crippen LogP contribution is -2.50. The molecule has 98 valence electrons. The van der Waals surface area contributed by atoms with Gasteiger partial charge in [-0.1, -0.05) is 0 Å². The van der Waals surface area contributed by atoms with Gasteiger partial charge in [0.1, 0.15) is 5.60 Å². The first-order chi connectivity index (χ1) is 7.79. The molecular weight excluding hydrogens is 226 g/mol. The van der Waals surface area contributed by atoms with E-state index < -0.39 is 29.6 Å². The number of hydrogen-bond acceptors (Lipinski definition) is 4. The number of nitrogens with one attached hydrogen (secondary N) is 1. The fourth-order valence-electron chi connectivity index (χ4n) is 1.63. The van der Waals surface area contributed by atoms with Crippen molar-refractivity contribution < 1.29 is 24.2 Å². The lowest BCUT2D eigenvalue weighted by molar-refractivity contribution is -0.146. The Kier molecular flexibility index (Phi) is 4.34. The summed E-state index contributed by atoms with van der Waals surface area (Å²) in [6, 6.07) is -0.531. The van der Waals surface area contributed by atoms with E-state index in [4.69, 9.17) is 14.6 Å². The van der Waals surface area contributed by atoms with Crippen molar-refractivity contribution in [2.75, 3.05) is 13.2 Å². The molecule has 0 aromatic rings. The number of alkyl carbamates (subject to hydrolysis) is 1. The van der Waals surface area contributed by atoms with Gasteiger partial charge in [0.15, 0.2) is 0 Å². The van der Waals surface area contributed by atoms with Crippen molar-refractivity contribution in [2.45, 2.75) is 38.8 Å². The molecule has 17 heavy (non-hydrogen) atoms. The summed E-state index contributed by atoms with van der Waals surface area (Å²) in [4.78, 5) is 22.5. The SMILES string of the molecule is CC(C)(C)OC(=O)N[C@H]1COCC[C@H]1C(=O)O. The van der Waals surface area contributed by atoms with Crippen LogP contribution in [-0.2, 0) is 14.3 Å². The molecule has 2 N–H and O–H groups in total. The third-order valence-electron chi connectivity index (χ3n) is 2.38. The molecule has 6 nitrogen and oxygen atoms in total. The maximum absolute atomic E-state index is 11.5. The Morgan fingerprint density at radius 1 is 1.41 bits per heavy atom. The van der Waals surface area contributed by atoms with Crippen LogP contribution >= 0.6 is 0 Å². The second-order valence-electron chi connectivity index (χ2n) is 5.06. The Bertz CT molecular complexity index is 297. The second kappa shape index (κ2) is 5.35. The zero-order valence-electron chi connectivity index (χ0n) is 10.4. The highest BCUT2D eigenvalue weighted by Gasteiger charge is 2.33. The van der Waals surface area contributed by atoms with Gasteiger partial charge in [-0.05, 0) is 27.2 Å². The highest BCUT2D eigenvalue weighted by molar-refractivity contribution is 5.73. The molecule has 0 radical (unpaired) electrons. The molecule has 1 rings (SSSR count). The molecular formula is C11H19NO5. The number of hydrogen-bond donors (Lipinski definition) is 2. The molecule has 0 aromatic carbocycles. The summed E-state index contributed by atoms with van der Waals surface area (Å²) in [5, 5.41) is 11.5. The van der Waals surface area contributed by atoms with Gasteiger partial charge in [-0.3, -0.25) is 4.79 Å². The largest absolute Gasteiger partial charge is 0.481 e. The maximum atomic E-state index is 11.5. The molecule has 2 atom stereocenters. The van der Waals surface area contributed by atoms with Gasteiger partial charge < -0.3 is 19.9 Å². The zero-order valence-corrected chi connectivity index (χ0v) is 10.4. The average molecular weight is 245 g/mol. The van der Waals surface area contributed by atoms with Crippen LogP contribution in [0.2, 0.25) is 0 Å². The minimum Gasteiger partial charge on any atom is -0.481 e. The summed E-state index contributed by atoms with van der Waals surface area (Å²) < 4.78 is 10.2. The van der Waals surface area contributed by atoms with Crippen LogP contribution in [0.3, 0.4) is 0 Å². The van der Waals surface area contributed by atoms with Gasteiger partial charge in [0, 0.05) is 6.61 Å². The number of aliphatic carboxylic acids is 1. The van der Waals surface area contributed by atoms with Crippen LogP contribution in [0.1, 0.15) is 27.2 Å². The molecule has 1 aliphatic heterocycles. The second-order valence-corrected chi connectivity index (χ2v) is 5.06. The lowest BCUT2D eigenvalue weighted by atomic mass is 9.95. The van der Waals surface area contributed by atoms with Crippen molar-refractivity contribution in [3.8, 4) is 0 Å². The summed E-state index contributed by atoms with van der Waals surface area (Å²) in [7, 11) is 0. The average Bonchev–Trinajstić information content (AvgIpc) is 2.14. The molecule has 0 saturated carbocycles. The Morgan fingerprint density at radius 3 is 2.59 bits per heavy atom. The van der Waals surface area contributed by atoms with Crippen LogP contribution < -0.4 is 5.32 Å². The van der Waals surface area contributed by atoms with Gasteiger partial charge in [-0.2, -0.15) is 0 Å². The van der Waals surface area contributed by atoms with E-state index in [1.54, 1.807) is 20.8 Å². The fraction of sp³-hybridized carbons (Fsp3) is 0.818. The smallest absolute Gasteiger partial charge is 0.407 e. The van der Waals surface area contributed by atoms with E-state index >= 15 is 0 Å². The molecule has 0 unspecified atom stereocenters. The van der Waals surface area contributed by atoms with Crippen LogP contribution in [0, 0.1) is 5.92 Å². The number of carbonyl (C=O) groups excluding carboxylic acids is 1. The van der Waals surface area contributed by atoms with Crippen molar-refractivity contribution in [3.63, 3.8) is 0 Å². The van der Waals surface area contributed by atoms with Crippen LogP contribution in [-0.4, -0.2) is 42.0 Å². The van der Waals surface area contributed by atoms with Gasteiger partial charge in [0.25, 0.3) is 0 Å². The molecule has 0 aromatic heterocycles. The Balaban J connectivity index is 2.53. The van der Waals surface area contributed by atoms with Crippen LogP contribution in [0.5, 0.6) is 0 Å². The molecule has 1 saturated heterocycles. The first kappa shape index (κ1) is 13.8. The number of amides is 1. The summed E-state index contributed by atoms with van der Waals surface area (Å²) >= 11 is 0. The number of rotatable bonds is 2. The number of carboxylic acids is 1.